The third-order valence-corrected chi connectivity index (χ3v) is 18.2. The van der Waals surface area contributed by atoms with Crippen molar-refractivity contribution >= 4 is 74.1 Å². The van der Waals surface area contributed by atoms with Gasteiger partial charge in [0.2, 0.25) is 0 Å². The second-order valence-corrected chi connectivity index (χ2v) is 25.4. The normalized spacial score (nSPS) is 16.4. The molecular weight excluding hydrogens is 722 g/mol. The summed E-state index contributed by atoms with van der Waals surface area (Å²) in [6.45, 7) is 12.1. The van der Waals surface area contributed by atoms with Gasteiger partial charge in [-0.1, -0.05) is 154 Å². The van der Waals surface area contributed by atoms with Gasteiger partial charge in [-0.25, -0.2) is 0 Å². The average Bonchev–Trinajstić information content (AvgIpc) is 3.82. The van der Waals surface area contributed by atoms with Gasteiger partial charge in [0.15, 0.2) is 7.14 Å². The fourth-order valence-electron chi connectivity index (χ4n) is 8.84. The average molecular weight is 764 g/mol. The van der Waals surface area contributed by atoms with Crippen molar-refractivity contribution in [1.29, 1.82) is 0 Å². The Balaban J connectivity index is 1.06. The van der Waals surface area contributed by atoms with Crippen LogP contribution >= 0.6 is 18.5 Å². The van der Waals surface area contributed by atoms with Gasteiger partial charge in [-0.05, 0) is 98.4 Å². The van der Waals surface area contributed by atoms with Crippen LogP contribution in [0.5, 0.6) is 0 Å². The van der Waals surface area contributed by atoms with Crippen molar-refractivity contribution in [2.24, 2.45) is 0 Å². The molecule has 1 aromatic heterocycles. The number of fused-ring (bicyclic) bond motifs is 7. The van der Waals surface area contributed by atoms with Crippen LogP contribution in [-0.2, 0) is 9.98 Å². The van der Waals surface area contributed by atoms with E-state index in [4.69, 9.17) is 0 Å². The van der Waals surface area contributed by atoms with Crippen LogP contribution in [0.25, 0.3) is 43.5 Å². The van der Waals surface area contributed by atoms with Crippen LogP contribution in [0.4, 0.5) is 16.4 Å². The number of benzene rings is 7. The molecule has 7 aromatic carbocycles. The highest BCUT2D eigenvalue weighted by molar-refractivity contribution is 7.86. The van der Waals surface area contributed by atoms with Crippen molar-refractivity contribution in [3.05, 3.63) is 175 Å². The molecule has 0 spiro atoms. The van der Waals surface area contributed by atoms with Gasteiger partial charge in [-0.3, -0.25) is 0 Å². The van der Waals surface area contributed by atoms with Gasteiger partial charge in [0.1, 0.15) is 5.00 Å². The molecule has 0 fully saturated rings. The molecule has 1 aliphatic carbocycles. The highest BCUT2D eigenvalue weighted by Gasteiger charge is 2.40. The van der Waals surface area contributed by atoms with E-state index in [1.807, 2.05) is 53.8 Å². The van der Waals surface area contributed by atoms with Gasteiger partial charge >= 0.3 is 0 Å². The zero-order valence-electron chi connectivity index (χ0n) is 31.8. The molecule has 0 bridgehead atoms. The van der Waals surface area contributed by atoms with E-state index in [-0.39, 0.29) is 5.41 Å². The first-order valence-corrected chi connectivity index (χ1v) is 25.1. The first-order valence-electron chi connectivity index (χ1n) is 19.1. The minimum atomic E-state index is -2.96. The predicted octanol–water partition coefficient (Wildman–Crippen LogP) is 12.5. The van der Waals surface area contributed by atoms with Crippen LogP contribution in [-0.4, -0.2) is 8.07 Å². The molecule has 0 saturated carbocycles. The number of rotatable bonds is 6. The highest BCUT2D eigenvalue weighted by atomic mass is 32.1. The summed E-state index contributed by atoms with van der Waals surface area (Å²) in [6, 6.07) is 59.0. The van der Waals surface area contributed by atoms with E-state index in [1.165, 1.54) is 42.5 Å². The Morgan fingerprint density at radius 1 is 0.545 bits per heavy atom. The number of hydrogen-bond donors (Lipinski definition) is 0. The molecule has 0 radical (unpaired) electrons. The molecule has 5 heteroatoms. The van der Waals surface area contributed by atoms with Crippen molar-refractivity contribution in [3.8, 4) is 33.4 Å². The number of hydrogen-bond acceptors (Lipinski definition) is 3. The summed E-state index contributed by atoms with van der Waals surface area (Å²) >= 11 is 1.83. The maximum Gasteiger partial charge on any atom is 0.172 e. The lowest BCUT2D eigenvalue weighted by Crippen LogP contribution is -2.38. The molecule has 0 amide bonds. The van der Waals surface area contributed by atoms with Crippen molar-refractivity contribution in [1.82, 2.24) is 0 Å². The van der Waals surface area contributed by atoms with Crippen molar-refractivity contribution in [2.45, 2.75) is 38.9 Å². The second kappa shape index (κ2) is 12.4. The lowest BCUT2D eigenvalue weighted by atomic mass is 9.82. The van der Waals surface area contributed by atoms with Crippen LogP contribution in [0.15, 0.2) is 164 Å². The molecule has 1 aliphatic heterocycles. The molecule has 2 aliphatic rings. The van der Waals surface area contributed by atoms with E-state index < -0.39 is 15.2 Å². The van der Waals surface area contributed by atoms with Crippen LogP contribution < -0.4 is 26.0 Å². The summed E-state index contributed by atoms with van der Waals surface area (Å²) in [7, 11) is -4.43. The van der Waals surface area contributed by atoms with E-state index in [2.05, 4.69) is 160 Å². The third kappa shape index (κ3) is 5.30. The van der Waals surface area contributed by atoms with Crippen molar-refractivity contribution in [2.75, 3.05) is 4.90 Å². The first-order chi connectivity index (χ1) is 26.5. The zero-order valence-corrected chi connectivity index (χ0v) is 34.5. The largest absolute Gasteiger partial charge is 0.309 e. The van der Waals surface area contributed by atoms with E-state index in [9.17, 15) is 4.57 Å². The first kappa shape index (κ1) is 34.3. The Kier molecular flexibility index (Phi) is 7.71. The summed E-state index contributed by atoms with van der Waals surface area (Å²) in [6.07, 6.45) is 0. The fourth-order valence-corrected chi connectivity index (χ4v) is 14.2. The molecule has 2 heterocycles. The van der Waals surface area contributed by atoms with Crippen molar-refractivity contribution < 1.29 is 4.57 Å². The number of thiophene rings is 1. The third-order valence-electron chi connectivity index (χ3n) is 11.9. The fraction of sp³-hybridized carbons (Fsp3) is 0.120. The molecular formula is C50H42NOPSSi. The second-order valence-electron chi connectivity index (χ2n) is 16.6. The van der Waals surface area contributed by atoms with Crippen molar-refractivity contribution in [3.63, 3.8) is 0 Å². The minimum absolute atomic E-state index is 0.108. The van der Waals surface area contributed by atoms with Gasteiger partial charge in [0.05, 0.1) is 8.07 Å². The van der Waals surface area contributed by atoms with Crippen LogP contribution in [0.1, 0.15) is 25.0 Å². The lowest BCUT2D eigenvalue weighted by Gasteiger charge is -2.27. The molecule has 8 aromatic rings. The molecule has 1 atom stereocenters. The lowest BCUT2D eigenvalue weighted by molar-refractivity contribution is 0.593. The van der Waals surface area contributed by atoms with E-state index in [0.29, 0.717) is 0 Å². The van der Waals surface area contributed by atoms with Gasteiger partial charge in [-0.2, -0.15) is 0 Å². The van der Waals surface area contributed by atoms with E-state index in [0.717, 1.165) is 49.5 Å². The Labute approximate surface area is 329 Å². The van der Waals surface area contributed by atoms with Gasteiger partial charge in [0.25, 0.3) is 0 Å². The molecule has 0 N–H and O–H groups in total. The van der Waals surface area contributed by atoms with Gasteiger partial charge in [0, 0.05) is 37.4 Å². The molecule has 268 valence electrons. The van der Waals surface area contributed by atoms with E-state index >= 15 is 0 Å². The Morgan fingerprint density at radius 3 is 1.95 bits per heavy atom. The Morgan fingerprint density at radius 2 is 1.18 bits per heavy atom. The SMILES string of the molecule is CC1(C)c2cc(N(c3ccc(-c4ccc5c(c4)-c4ccccc4P5(=O)c4ccccc4)cc3)c3cc4ccccc4s3)ccc2-c2ccc([Si](C)(C)C)cc21. The summed E-state index contributed by atoms with van der Waals surface area (Å²) in [5, 5.41) is 6.69. The van der Waals surface area contributed by atoms with Gasteiger partial charge in [-0.15, -0.1) is 11.3 Å². The molecule has 1 unspecified atom stereocenters. The smallest absolute Gasteiger partial charge is 0.172 e. The molecule has 2 nitrogen and oxygen atoms in total. The van der Waals surface area contributed by atoms with Crippen LogP contribution in [0.2, 0.25) is 19.6 Å². The summed E-state index contributed by atoms with van der Waals surface area (Å²) in [5.74, 6) is 0. The highest BCUT2D eigenvalue weighted by Crippen LogP contribution is 2.54. The summed E-state index contributed by atoms with van der Waals surface area (Å²) < 4.78 is 16.3. The Bertz CT molecular complexity index is 2830. The zero-order chi connectivity index (χ0) is 37.7. The summed E-state index contributed by atoms with van der Waals surface area (Å²) in [5.41, 5.74) is 12.1. The standard InChI is InChI=1S/C50H42NOPSSi/c1-50(2)44-31-37(24-26-40(44)41-27-25-39(32-45(41)50)55(3,4)5)51(49-30-35-13-9-12-18-48(35)54-49)36-22-19-33(20-23-36)34-21-28-47-43(29-34)42-16-10-11-17-46(42)53(47,52)38-14-7-6-8-15-38/h6-32H,1-5H3. The van der Waals surface area contributed by atoms with Crippen LogP contribution in [0.3, 0.4) is 0 Å². The Hall–Kier alpha value is -5.25. The topological polar surface area (TPSA) is 20.3 Å². The minimum Gasteiger partial charge on any atom is -0.309 e. The predicted molar refractivity (Wildman–Crippen MR) is 241 cm³/mol. The maximum absolute atomic E-state index is 15.0. The molecule has 0 saturated heterocycles. The number of anilines is 3. The molecule has 55 heavy (non-hydrogen) atoms. The number of nitrogens with zero attached hydrogens (tertiary/aromatic N) is 1. The summed E-state index contributed by atoms with van der Waals surface area (Å²) in [4.78, 5) is 2.43. The van der Waals surface area contributed by atoms with Crippen LogP contribution in [0, 0.1) is 0 Å². The maximum atomic E-state index is 15.0. The quantitative estimate of drug-likeness (QED) is 0.124. The van der Waals surface area contributed by atoms with Gasteiger partial charge < -0.3 is 9.46 Å². The monoisotopic (exact) mass is 763 g/mol. The van der Waals surface area contributed by atoms with E-state index in [1.54, 1.807) is 0 Å². The molecule has 10 rings (SSSR count).